The molecule has 1 N–H and O–H groups in total. The summed E-state index contributed by atoms with van der Waals surface area (Å²) in [6.07, 6.45) is 3.39. The predicted octanol–water partition coefficient (Wildman–Crippen LogP) is 3.90. The Morgan fingerprint density at radius 3 is 3.00 bits per heavy atom. The van der Waals surface area contributed by atoms with Gasteiger partial charge in [0.25, 0.3) is 0 Å². The second kappa shape index (κ2) is 6.14. The normalized spacial score (nSPS) is 10.9. The fraction of sp³-hybridized carbons (Fsp3) is 0.0833. The van der Waals surface area contributed by atoms with E-state index in [1.165, 1.54) is 0 Å². The fourth-order valence-corrected chi connectivity index (χ4v) is 3.06. The Hall–Kier alpha value is -0.910. The molecule has 0 unspecified atom stereocenters. The molecular weight excluding hydrogens is 318 g/mol. The molecule has 1 amide bonds. The molecule has 2 heterocycles. The average molecular weight is 328 g/mol. The lowest BCUT2D eigenvalue weighted by Gasteiger charge is -1.98. The van der Waals surface area contributed by atoms with Crippen LogP contribution in [-0.4, -0.2) is 5.91 Å². The molecule has 2 aromatic rings. The minimum absolute atomic E-state index is 0.0688. The highest BCUT2D eigenvalue weighted by molar-refractivity contribution is 9.11. The Morgan fingerprint density at radius 1 is 1.47 bits per heavy atom. The number of carbonyl (C=O) groups is 1. The van der Waals surface area contributed by atoms with Gasteiger partial charge in [-0.05, 0) is 50.5 Å². The monoisotopic (exact) mass is 327 g/mol. The van der Waals surface area contributed by atoms with E-state index < -0.39 is 0 Å². The Balaban J connectivity index is 1.82. The fourth-order valence-electron chi connectivity index (χ4n) is 1.23. The first kappa shape index (κ1) is 12.5. The minimum Gasteiger partial charge on any atom is -0.348 e. The van der Waals surface area contributed by atoms with Crippen molar-refractivity contribution in [1.29, 1.82) is 0 Å². The van der Waals surface area contributed by atoms with Gasteiger partial charge < -0.3 is 5.32 Å². The zero-order valence-corrected chi connectivity index (χ0v) is 12.1. The first-order valence-corrected chi connectivity index (χ1v) is 7.51. The van der Waals surface area contributed by atoms with Crippen LogP contribution in [0.2, 0.25) is 0 Å². The molecule has 0 aromatic carbocycles. The van der Waals surface area contributed by atoms with Crippen LogP contribution in [0.15, 0.2) is 38.8 Å². The second-order valence-corrected chi connectivity index (χ2v) is 6.60. The summed E-state index contributed by atoms with van der Waals surface area (Å²) in [6, 6.07) is 5.95. The molecule has 5 heteroatoms. The van der Waals surface area contributed by atoms with Crippen molar-refractivity contribution in [3.63, 3.8) is 0 Å². The van der Waals surface area contributed by atoms with Crippen LogP contribution in [0.5, 0.6) is 0 Å². The van der Waals surface area contributed by atoms with Crippen molar-refractivity contribution in [2.24, 2.45) is 0 Å². The smallest absolute Gasteiger partial charge is 0.244 e. The van der Waals surface area contributed by atoms with E-state index in [0.29, 0.717) is 6.54 Å². The standard InChI is InChI=1S/C12H10BrNOS2/c13-11-6-9(8-17-11)7-14-12(15)4-3-10-2-1-5-16-10/h1-6,8H,7H2,(H,14,15)/b4-3+. The third-order valence-corrected chi connectivity index (χ3v) is 4.42. The van der Waals surface area contributed by atoms with Gasteiger partial charge in [0.1, 0.15) is 0 Å². The van der Waals surface area contributed by atoms with Crippen LogP contribution in [0.3, 0.4) is 0 Å². The lowest BCUT2D eigenvalue weighted by atomic mass is 10.3. The van der Waals surface area contributed by atoms with E-state index in [9.17, 15) is 4.79 Å². The zero-order valence-electron chi connectivity index (χ0n) is 8.85. The van der Waals surface area contributed by atoms with Crippen molar-refractivity contribution in [2.45, 2.75) is 6.54 Å². The molecule has 0 bridgehead atoms. The number of hydrogen-bond donors (Lipinski definition) is 1. The van der Waals surface area contributed by atoms with Crippen LogP contribution in [0, 0.1) is 0 Å². The number of halogens is 1. The van der Waals surface area contributed by atoms with Gasteiger partial charge in [-0.3, -0.25) is 4.79 Å². The van der Waals surface area contributed by atoms with Gasteiger partial charge in [0.2, 0.25) is 5.91 Å². The van der Waals surface area contributed by atoms with Crippen LogP contribution in [0.1, 0.15) is 10.4 Å². The van der Waals surface area contributed by atoms with Crippen molar-refractivity contribution in [3.05, 3.63) is 49.3 Å². The number of amides is 1. The van der Waals surface area contributed by atoms with Crippen LogP contribution >= 0.6 is 38.6 Å². The quantitative estimate of drug-likeness (QED) is 0.848. The largest absolute Gasteiger partial charge is 0.348 e. The average Bonchev–Trinajstić information content (AvgIpc) is 2.95. The maximum Gasteiger partial charge on any atom is 0.244 e. The Kier molecular flexibility index (Phi) is 4.53. The molecule has 17 heavy (non-hydrogen) atoms. The molecule has 88 valence electrons. The van der Waals surface area contributed by atoms with Crippen LogP contribution < -0.4 is 5.32 Å². The summed E-state index contributed by atoms with van der Waals surface area (Å²) < 4.78 is 1.08. The third-order valence-electron chi connectivity index (χ3n) is 2.03. The molecule has 2 rings (SSSR count). The lowest BCUT2D eigenvalue weighted by molar-refractivity contribution is -0.116. The van der Waals surface area contributed by atoms with Gasteiger partial charge in [-0.15, -0.1) is 22.7 Å². The molecule has 2 aromatic heterocycles. The zero-order chi connectivity index (χ0) is 12.1. The van der Waals surface area contributed by atoms with Crippen molar-refractivity contribution in [3.8, 4) is 0 Å². The summed E-state index contributed by atoms with van der Waals surface area (Å²) in [5.74, 6) is -0.0688. The molecule has 2 nitrogen and oxygen atoms in total. The molecule has 0 aliphatic heterocycles. The van der Waals surface area contributed by atoms with Gasteiger partial charge in [-0.1, -0.05) is 6.07 Å². The molecule has 0 atom stereocenters. The van der Waals surface area contributed by atoms with Gasteiger partial charge >= 0.3 is 0 Å². The van der Waals surface area contributed by atoms with Gasteiger partial charge in [-0.25, -0.2) is 0 Å². The lowest BCUT2D eigenvalue weighted by Crippen LogP contribution is -2.19. The van der Waals surface area contributed by atoms with Gasteiger partial charge in [0.15, 0.2) is 0 Å². The van der Waals surface area contributed by atoms with Gasteiger partial charge in [0.05, 0.1) is 3.79 Å². The van der Waals surface area contributed by atoms with E-state index in [4.69, 9.17) is 0 Å². The summed E-state index contributed by atoms with van der Waals surface area (Å²) in [5, 5.41) is 6.85. The maximum atomic E-state index is 11.5. The number of thiophene rings is 2. The van der Waals surface area contributed by atoms with Gasteiger partial charge in [0, 0.05) is 17.5 Å². The predicted molar refractivity (Wildman–Crippen MR) is 77.2 cm³/mol. The first-order valence-electron chi connectivity index (χ1n) is 4.96. The summed E-state index contributed by atoms with van der Waals surface area (Å²) in [7, 11) is 0. The van der Waals surface area contributed by atoms with Crippen molar-refractivity contribution < 1.29 is 4.79 Å². The molecule has 0 aliphatic carbocycles. The van der Waals surface area contributed by atoms with Gasteiger partial charge in [-0.2, -0.15) is 0 Å². The van der Waals surface area contributed by atoms with E-state index in [-0.39, 0.29) is 5.91 Å². The van der Waals surface area contributed by atoms with E-state index in [0.717, 1.165) is 14.2 Å². The third kappa shape index (κ3) is 4.11. The molecule has 0 radical (unpaired) electrons. The summed E-state index contributed by atoms with van der Waals surface area (Å²) in [5.41, 5.74) is 1.11. The highest BCUT2D eigenvalue weighted by Gasteiger charge is 1.99. The maximum absolute atomic E-state index is 11.5. The second-order valence-electron chi connectivity index (χ2n) is 3.33. The minimum atomic E-state index is -0.0688. The number of hydrogen-bond acceptors (Lipinski definition) is 3. The molecule has 0 saturated carbocycles. The van der Waals surface area contributed by atoms with Crippen molar-refractivity contribution in [1.82, 2.24) is 5.32 Å². The van der Waals surface area contributed by atoms with E-state index in [2.05, 4.69) is 21.2 Å². The van der Waals surface area contributed by atoms with Crippen LogP contribution in [0.25, 0.3) is 6.08 Å². The summed E-state index contributed by atoms with van der Waals surface area (Å²) in [6.45, 7) is 0.565. The van der Waals surface area contributed by atoms with Crippen molar-refractivity contribution in [2.75, 3.05) is 0 Å². The number of carbonyl (C=O) groups excluding carboxylic acids is 1. The summed E-state index contributed by atoms with van der Waals surface area (Å²) in [4.78, 5) is 12.6. The molecule has 0 fully saturated rings. The summed E-state index contributed by atoms with van der Waals surface area (Å²) >= 11 is 6.62. The molecule has 0 spiro atoms. The SMILES string of the molecule is O=C(/C=C/c1cccs1)NCc1csc(Br)c1. The van der Waals surface area contributed by atoms with E-state index in [1.807, 2.05) is 35.0 Å². The Labute approximate surface area is 116 Å². The number of nitrogens with one attached hydrogen (secondary N) is 1. The highest BCUT2D eigenvalue weighted by atomic mass is 79.9. The topological polar surface area (TPSA) is 29.1 Å². The van der Waals surface area contributed by atoms with Crippen LogP contribution in [-0.2, 0) is 11.3 Å². The highest BCUT2D eigenvalue weighted by Crippen LogP contribution is 2.20. The molecule has 0 aliphatic rings. The number of rotatable bonds is 4. The van der Waals surface area contributed by atoms with Crippen molar-refractivity contribution >= 4 is 50.6 Å². The first-order chi connectivity index (χ1) is 8.24. The Bertz CT molecular complexity index is 516. The molecule has 0 saturated heterocycles. The van der Waals surface area contributed by atoms with Crippen LogP contribution in [0.4, 0.5) is 0 Å². The van der Waals surface area contributed by atoms with E-state index in [1.54, 1.807) is 28.7 Å². The Morgan fingerprint density at radius 2 is 2.35 bits per heavy atom. The van der Waals surface area contributed by atoms with E-state index >= 15 is 0 Å². The molecular formula is C12H10BrNOS2.